The van der Waals surface area contributed by atoms with Gasteiger partial charge in [0, 0.05) is 33.3 Å². The second-order valence-electron chi connectivity index (χ2n) is 7.41. The summed E-state index contributed by atoms with van der Waals surface area (Å²) in [7, 11) is 1.89. The minimum absolute atomic E-state index is 0. The van der Waals surface area contributed by atoms with Crippen LogP contribution in [0.5, 0.6) is 0 Å². The van der Waals surface area contributed by atoms with Crippen LogP contribution >= 0.6 is 24.0 Å². The Balaban J connectivity index is 0.00000208. The van der Waals surface area contributed by atoms with Gasteiger partial charge < -0.3 is 19.7 Å². The zero-order chi connectivity index (χ0) is 16.1. The minimum atomic E-state index is 0. The van der Waals surface area contributed by atoms with Gasteiger partial charge in [0.25, 0.3) is 0 Å². The lowest BCUT2D eigenvalue weighted by atomic mass is 10.1. The lowest BCUT2D eigenvalue weighted by Gasteiger charge is -2.35. The van der Waals surface area contributed by atoms with Crippen molar-refractivity contribution >= 4 is 29.9 Å². The van der Waals surface area contributed by atoms with Crippen LogP contribution in [0.15, 0.2) is 4.99 Å². The summed E-state index contributed by atoms with van der Waals surface area (Å²) in [5, 5.41) is 3.55. The van der Waals surface area contributed by atoms with Crippen molar-refractivity contribution < 1.29 is 9.47 Å². The standard InChI is InChI=1S/C18H33N3O2.HI/c1-14-11-15(14)12-20-18(19-2)21-8-6-16(7-9-21)23-13-17-5-3-4-10-22-17;/h14-17H,3-13H2,1-2H3,(H,19,20);1H. The van der Waals surface area contributed by atoms with E-state index in [-0.39, 0.29) is 24.0 Å². The Morgan fingerprint density at radius 3 is 2.58 bits per heavy atom. The smallest absolute Gasteiger partial charge is 0.193 e. The quantitative estimate of drug-likeness (QED) is 0.397. The molecule has 3 rings (SSSR count). The average molecular weight is 451 g/mol. The van der Waals surface area contributed by atoms with Gasteiger partial charge in [0.1, 0.15) is 0 Å². The maximum Gasteiger partial charge on any atom is 0.193 e. The summed E-state index contributed by atoms with van der Waals surface area (Å²) < 4.78 is 11.8. The molecule has 0 aromatic rings. The highest BCUT2D eigenvalue weighted by Crippen LogP contribution is 2.36. The van der Waals surface area contributed by atoms with Crippen LogP contribution in [-0.4, -0.2) is 63.0 Å². The van der Waals surface area contributed by atoms with Crippen LogP contribution in [0.25, 0.3) is 0 Å². The van der Waals surface area contributed by atoms with Crippen LogP contribution in [0.3, 0.4) is 0 Å². The molecule has 3 aliphatic rings. The molecule has 2 heterocycles. The van der Waals surface area contributed by atoms with Crippen molar-refractivity contribution in [1.29, 1.82) is 0 Å². The largest absolute Gasteiger partial charge is 0.376 e. The zero-order valence-corrected chi connectivity index (χ0v) is 17.5. The third-order valence-electron chi connectivity index (χ3n) is 5.54. The number of halogens is 1. The van der Waals surface area contributed by atoms with Crippen LogP contribution in [0.4, 0.5) is 0 Å². The molecule has 0 amide bonds. The Morgan fingerprint density at radius 2 is 2.00 bits per heavy atom. The molecule has 0 radical (unpaired) electrons. The van der Waals surface area contributed by atoms with Gasteiger partial charge in [-0.3, -0.25) is 4.99 Å². The molecule has 3 atom stereocenters. The Morgan fingerprint density at radius 1 is 1.25 bits per heavy atom. The third-order valence-corrected chi connectivity index (χ3v) is 5.54. The van der Waals surface area contributed by atoms with Gasteiger partial charge in [0.05, 0.1) is 18.8 Å². The summed E-state index contributed by atoms with van der Waals surface area (Å²) in [4.78, 5) is 6.83. The molecule has 3 unspecified atom stereocenters. The predicted molar refractivity (Wildman–Crippen MR) is 108 cm³/mol. The minimum Gasteiger partial charge on any atom is -0.376 e. The van der Waals surface area contributed by atoms with Crippen molar-refractivity contribution in [3.8, 4) is 0 Å². The molecule has 140 valence electrons. The number of nitrogens with one attached hydrogen (secondary N) is 1. The summed E-state index contributed by atoms with van der Waals surface area (Å²) in [6, 6.07) is 0. The van der Waals surface area contributed by atoms with E-state index in [4.69, 9.17) is 9.47 Å². The number of nitrogens with zero attached hydrogens (tertiary/aromatic N) is 2. The molecule has 0 bridgehead atoms. The van der Waals surface area contributed by atoms with Crippen LogP contribution in [-0.2, 0) is 9.47 Å². The van der Waals surface area contributed by atoms with E-state index in [1.807, 2.05) is 7.05 Å². The van der Waals surface area contributed by atoms with E-state index < -0.39 is 0 Å². The van der Waals surface area contributed by atoms with E-state index in [9.17, 15) is 0 Å². The van der Waals surface area contributed by atoms with Crippen molar-refractivity contribution in [3.63, 3.8) is 0 Å². The van der Waals surface area contributed by atoms with Gasteiger partial charge in [-0.15, -0.1) is 24.0 Å². The predicted octanol–water partition coefficient (Wildman–Crippen LogP) is 2.89. The number of guanidine groups is 1. The average Bonchev–Trinajstić information content (AvgIpc) is 3.31. The van der Waals surface area contributed by atoms with Gasteiger partial charge in [0.2, 0.25) is 0 Å². The van der Waals surface area contributed by atoms with E-state index in [2.05, 4.69) is 22.1 Å². The van der Waals surface area contributed by atoms with Crippen molar-refractivity contribution in [2.75, 3.05) is 39.9 Å². The summed E-state index contributed by atoms with van der Waals surface area (Å²) in [5.41, 5.74) is 0. The number of hydrogen-bond acceptors (Lipinski definition) is 3. The molecule has 2 saturated heterocycles. The molecule has 2 aliphatic heterocycles. The fraction of sp³-hybridized carbons (Fsp3) is 0.944. The molecule has 24 heavy (non-hydrogen) atoms. The van der Waals surface area contributed by atoms with Crippen LogP contribution in [0.2, 0.25) is 0 Å². The summed E-state index contributed by atoms with van der Waals surface area (Å²) in [5.74, 6) is 2.81. The topological polar surface area (TPSA) is 46.1 Å². The van der Waals surface area contributed by atoms with Crippen LogP contribution in [0, 0.1) is 11.8 Å². The van der Waals surface area contributed by atoms with E-state index in [0.717, 1.165) is 69.9 Å². The lowest BCUT2D eigenvalue weighted by Crippen LogP contribution is -2.47. The zero-order valence-electron chi connectivity index (χ0n) is 15.2. The maximum absolute atomic E-state index is 6.09. The van der Waals surface area contributed by atoms with Crippen LogP contribution in [0.1, 0.15) is 45.4 Å². The van der Waals surface area contributed by atoms with Gasteiger partial charge in [0.15, 0.2) is 5.96 Å². The number of hydrogen-bond donors (Lipinski definition) is 1. The highest BCUT2D eigenvalue weighted by atomic mass is 127. The second-order valence-corrected chi connectivity index (χ2v) is 7.41. The van der Waals surface area contributed by atoms with Crippen molar-refractivity contribution in [2.24, 2.45) is 16.8 Å². The SMILES string of the molecule is CN=C(NCC1CC1C)N1CCC(OCC2CCCCO2)CC1.I. The number of ether oxygens (including phenoxy) is 2. The van der Waals surface area contributed by atoms with Gasteiger partial charge in [-0.2, -0.15) is 0 Å². The first-order valence-corrected chi connectivity index (χ1v) is 9.45. The number of aliphatic imine (C=N–C) groups is 1. The van der Waals surface area contributed by atoms with Crippen LogP contribution < -0.4 is 5.32 Å². The highest BCUT2D eigenvalue weighted by molar-refractivity contribution is 14.0. The van der Waals surface area contributed by atoms with Gasteiger partial charge >= 0.3 is 0 Å². The lowest BCUT2D eigenvalue weighted by molar-refractivity contribution is -0.0721. The Bertz CT molecular complexity index is 394. The molecule has 0 aromatic carbocycles. The molecular weight excluding hydrogens is 417 g/mol. The van der Waals surface area contributed by atoms with E-state index in [0.29, 0.717) is 12.2 Å². The molecule has 1 aliphatic carbocycles. The molecule has 0 spiro atoms. The summed E-state index contributed by atoms with van der Waals surface area (Å²) >= 11 is 0. The van der Waals surface area contributed by atoms with Gasteiger partial charge in [-0.05, 0) is 50.4 Å². The van der Waals surface area contributed by atoms with E-state index in [1.54, 1.807) is 0 Å². The van der Waals surface area contributed by atoms with Crippen molar-refractivity contribution in [3.05, 3.63) is 0 Å². The Hall–Kier alpha value is -0.0800. The first-order valence-electron chi connectivity index (χ1n) is 9.45. The molecule has 0 aromatic heterocycles. The van der Waals surface area contributed by atoms with E-state index >= 15 is 0 Å². The van der Waals surface area contributed by atoms with E-state index in [1.165, 1.54) is 19.3 Å². The molecule has 5 nitrogen and oxygen atoms in total. The normalized spacial score (nSPS) is 31.5. The molecule has 1 N–H and O–H groups in total. The molecule has 3 fully saturated rings. The highest BCUT2D eigenvalue weighted by Gasteiger charge is 2.32. The third kappa shape index (κ3) is 6.02. The van der Waals surface area contributed by atoms with Gasteiger partial charge in [-0.25, -0.2) is 0 Å². The first-order chi connectivity index (χ1) is 11.3. The summed E-state index contributed by atoms with van der Waals surface area (Å²) in [6.45, 7) is 7.16. The Labute approximate surface area is 164 Å². The first kappa shape index (κ1) is 20.2. The summed E-state index contributed by atoms with van der Waals surface area (Å²) in [6.07, 6.45) is 7.92. The fourth-order valence-corrected chi connectivity index (χ4v) is 3.65. The fourth-order valence-electron chi connectivity index (χ4n) is 3.65. The Kier molecular flexibility index (Phi) is 8.57. The monoisotopic (exact) mass is 451 g/mol. The number of likely N-dealkylation sites (tertiary alicyclic amines) is 1. The number of rotatable bonds is 5. The molecular formula is C18H34IN3O2. The van der Waals surface area contributed by atoms with Crippen molar-refractivity contribution in [2.45, 2.75) is 57.7 Å². The maximum atomic E-state index is 6.09. The van der Waals surface area contributed by atoms with Crippen molar-refractivity contribution in [1.82, 2.24) is 10.2 Å². The second kappa shape index (κ2) is 10.2. The van der Waals surface area contributed by atoms with Gasteiger partial charge in [-0.1, -0.05) is 6.92 Å². The molecule has 6 heteroatoms. The number of piperidine rings is 1. The molecule has 1 saturated carbocycles.